The fraction of sp³-hybridized carbons (Fsp3) is 0.300. The minimum Gasteiger partial charge on any atom is -0.369 e. The first-order valence-electron chi connectivity index (χ1n) is 4.25. The van der Waals surface area contributed by atoms with E-state index in [9.17, 15) is 9.90 Å². The standard InChI is InChI=1S/C10H11NO2/c11-10(13)6-5-7-3-1-2-4-8(7)9(10)12/h1-4,13H,5-6,11H2. The molecule has 0 aliphatic heterocycles. The van der Waals surface area contributed by atoms with Crippen LogP contribution in [0.5, 0.6) is 0 Å². The molecule has 3 nitrogen and oxygen atoms in total. The van der Waals surface area contributed by atoms with Crippen molar-refractivity contribution in [2.24, 2.45) is 5.73 Å². The Morgan fingerprint density at radius 2 is 2.08 bits per heavy atom. The Labute approximate surface area is 76.2 Å². The number of nitrogens with two attached hydrogens (primary N) is 1. The molecule has 1 atom stereocenters. The lowest BCUT2D eigenvalue weighted by atomic mass is 9.85. The Kier molecular flexibility index (Phi) is 1.71. The maximum absolute atomic E-state index is 11.6. The number of aryl methyl sites for hydroxylation is 1. The van der Waals surface area contributed by atoms with Crippen LogP contribution in [0.2, 0.25) is 0 Å². The van der Waals surface area contributed by atoms with E-state index in [1.54, 1.807) is 12.1 Å². The van der Waals surface area contributed by atoms with E-state index in [-0.39, 0.29) is 5.78 Å². The van der Waals surface area contributed by atoms with Gasteiger partial charge in [0.2, 0.25) is 5.78 Å². The lowest BCUT2D eigenvalue weighted by Crippen LogP contribution is -2.50. The monoisotopic (exact) mass is 177 g/mol. The molecule has 0 fully saturated rings. The molecule has 3 N–H and O–H groups in total. The third kappa shape index (κ3) is 1.26. The summed E-state index contributed by atoms with van der Waals surface area (Å²) in [6.07, 6.45) is 0.970. The summed E-state index contributed by atoms with van der Waals surface area (Å²) in [5.74, 6) is -0.366. The van der Waals surface area contributed by atoms with Crippen LogP contribution in [0.25, 0.3) is 0 Å². The Bertz CT molecular complexity index is 358. The summed E-state index contributed by atoms with van der Waals surface area (Å²) in [4.78, 5) is 11.6. The number of benzene rings is 1. The van der Waals surface area contributed by atoms with Gasteiger partial charge in [-0.25, -0.2) is 0 Å². The fourth-order valence-corrected chi connectivity index (χ4v) is 1.63. The van der Waals surface area contributed by atoms with E-state index in [0.29, 0.717) is 18.4 Å². The maximum atomic E-state index is 11.6. The van der Waals surface area contributed by atoms with Gasteiger partial charge in [0.15, 0.2) is 5.72 Å². The van der Waals surface area contributed by atoms with Crippen LogP contribution < -0.4 is 5.73 Å². The number of hydrogen-bond donors (Lipinski definition) is 2. The Morgan fingerprint density at radius 3 is 2.85 bits per heavy atom. The number of carbonyl (C=O) groups excluding carboxylic acids is 1. The summed E-state index contributed by atoms with van der Waals surface area (Å²) in [5, 5.41) is 9.52. The maximum Gasteiger partial charge on any atom is 0.209 e. The van der Waals surface area contributed by atoms with E-state index in [1.165, 1.54) is 0 Å². The first-order valence-corrected chi connectivity index (χ1v) is 4.25. The summed E-state index contributed by atoms with van der Waals surface area (Å²) in [6, 6.07) is 7.25. The van der Waals surface area contributed by atoms with Crippen molar-refractivity contribution >= 4 is 5.78 Å². The third-order valence-electron chi connectivity index (χ3n) is 2.43. The zero-order chi connectivity index (χ0) is 9.47. The minimum absolute atomic E-state index is 0.308. The van der Waals surface area contributed by atoms with Crippen molar-refractivity contribution in [1.29, 1.82) is 0 Å². The van der Waals surface area contributed by atoms with Gasteiger partial charge < -0.3 is 5.11 Å². The van der Waals surface area contributed by atoms with Gasteiger partial charge in [-0.2, -0.15) is 0 Å². The first-order chi connectivity index (χ1) is 6.11. The molecule has 13 heavy (non-hydrogen) atoms. The van der Waals surface area contributed by atoms with Crippen molar-refractivity contribution in [2.45, 2.75) is 18.6 Å². The Morgan fingerprint density at radius 1 is 1.38 bits per heavy atom. The van der Waals surface area contributed by atoms with Gasteiger partial charge in [0.25, 0.3) is 0 Å². The van der Waals surface area contributed by atoms with Crippen LogP contribution in [0, 0.1) is 0 Å². The van der Waals surface area contributed by atoms with Gasteiger partial charge in [-0.15, -0.1) is 0 Å². The van der Waals surface area contributed by atoms with Gasteiger partial charge in [-0.05, 0) is 12.0 Å². The normalized spacial score (nSPS) is 27.1. The second kappa shape index (κ2) is 2.65. The predicted molar refractivity (Wildman–Crippen MR) is 48.2 cm³/mol. The van der Waals surface area contributed by atoms with E-state index in [2.05, 4.69) is 0 Å². The molecule has 1 aromatic carbocycles. The van der Waals surface area contributed by atoms with Crippen LogP contribution in [0.15, 0.2) is 24.3 Å². The number of carbonyl (C=O) groups is 1. The molecule has 68 valence electrons. The fourth-order valence-electron chi connectivity index (χ4n) is 1.63. The average Bonchev–Trinajstić information content (AvgIpc) is 2.13. The van der Waals surface area contributed by atoms with Gasteiger partial charge in [0.05, 0.1) is 0 Å². The van der Waals surface area contributed by atoms with Gasteiger partial charge in [-0.1, -0.05) is 24.3 Å². The second-order valence-corrected chi connectivity index (χ2v) is 3.41. The summed E-state index contributed by atoms with van der Waals surface area (Å²) >= 11 is 0. The highest BCUT2D eigenvalue weighted by Gasteiger charge is 2.36. The molecule has 0 saturated heterocycles. The number of fused-ring (bicyclic) bond motifs is 1. The zero-order valence-corrected chi connectivity index (χ0v) is 7.16. The molecular weight excluding hydrogens is 166 g/mol. The van der Waals surface area contributed by atoms with Crippen molar-refractivity contribution in [3.05, 3.63) is 35.4 Å². The van der Waals surface area contributed by atoms with E-state index in [1.807, 2.05) is 12.1 Å². The summed E-state index contributed by atoms with van der Waals surface area (Å²) in [5.41, 5.74) is 5.31. The van der Waals surface area contributed by atoms with Gasteiger partial charge in [0.1, 0.15) is 0 Å². The Hall–Kier alpha value is -1.19. The van der Waals surface area contributed by atoms with Gasteiger partial charge in [-0.3, -0.25) is 10.5 Å². The number of rotatable bonds is 0. The predicted octanol–water partition coefficient (Wildman–Crippen LogP) is 0.463. The third-order valence-corrected chi connectivity index (χ3v) is 2.43. The first kappa shape index (κ1) is 8.41. The largest absolute Gasteiger partial charge is 0.369 e. The van der Waals surface area contributed by atoms with Crippen molar-refractivity contribution in [1.82, 2.24) is 0 Å². The topological polar surface area (TPSA) is 63.3 Å². The molecule has 0 amide bonds. The molecule has 0 aromatic heterocycles. The molecule has 0 radical (unpaired) electrons. The lowest BCUT2D eigenvalue weighted by Gasteiger charge is -2.27. The average molecular weight is 177 g/mol. The smallest absolute Gasteiger partial charge is 0.209 e. The number of aliphatic hydroxyl groups is 1. The molecule has 2 rings (SSSR count). The quantitative estimate of drug-likeness (QED) is 0.566. The van der Waals surface area contributed by atoms with Crippen LogP contribution in [-0.2, 0) is 6.42 Å². The second-order valence-electron chi connectivity index (χ2n) is 3.41. The summed E-state index contributed by atoms with van der Waals surface area (Å²) < 4.78 is 0. The van der Waals surface area contributed by atoms with E-state index in [0.717, 1.165) is 5.56 Å². The molecule has 1 unspecified atom stereocenters. The molecule has 3 heteroatoms. The molecule has 0 spiro atoms. The Balaban J connectivity index is 2.52. The highest BCUT2D eigenvalue weighted by molar-refractivity contribution is 6.04. The summed E-state index contributed by atoms with van der Waals surface area (Å²) in [7, 11) is 0. The highest BCUT2D eigenvalue weighted by atomic mass is 16.3. The molecule has 1 aromatic rings. The van der Waals surface area contributed by atoms with E-state index in [4.69, 9.17) is 5.73 Å². The SMILES string of the molecule is NC1(O)CCc2ccccc2C1=O. The van der Waals surface area contributed by atoms with Crippen LogP contribution >= 0.6 is 0 Å². The number of ketones is 1. The molecule has 0 saturated carbocycles. The van der Waals surface area contributed by atoms with Gasteiger partial charge >= 0.3 is 0 Å². The molecule has 0 bridgehead atoms. The minimum atomic E-state index is -1.66. The zero-order valence-electron chi connectivity index (χ0n) is 7.16. The summed E-state index contributed by atoms with van der Waals surface area (Å²) in [6.45, 7) is 0. The number of hydrogen-bond acceptors (Lipinski definition) is 3. The highest BCUT2D eigenvalue weighted by Crippen LogP contribution is 2.24. The van der Waals surface area contributed by atoms with Crippen LogP contribution in [-0.4, -0.2) is 16.6 Å². The van der Waals surface area contributed by atoms with Crippen molar-refractivity contribution < 1.29 is 9.90 Å². The lowest BCUT2D eigenvalue weighted by molar-refractivity contribution is 0.0278. The molecule has 1 aliphatic rings. The molecule has 0 heterocycles. The van der Waals surface area contributed by atoms with E-state index < -0.39 is 5.72 Å². The number of Topliss-reactive ketones (excluding diaryl/α,β-unsaturated/α-hetero) is 1. The van der Waals surface area contributed by atoms with Crippen molar-refractivity contribution in [3.8, 4) is 0 Å². The van der Waals surface area contributed by atoms with Crippen LogP contribution in [0.1, 0.15) is 22.3 Å². The van der Waals surface area contributed by atoms with Crippen molar-refractivity contribution in [3.63, 3.8) is 0 Å². The van der Waals surface area contributed by atoms with Gasteiger partial charge in [0, 0.05) is 12.0 Å². The van der Waals surface area contributed by atoms with Crippen molar-refractivity contribution in [2.75, 3.05) is 0 Å². The molecular formula is C10H11NO2. The van der Waals surface area contributed by atoms with E-state index >= 15 is 0 Å². The molecule has 1 aliphatic carbocycles. The van der Waals surface area contributed by atoms with Crippen LogP contribution in [0.4, 0.5) is 0 Å². The van der Waals surface area contributed by atoms with Crippen LogP contribution in [0.3, 0.4) is 0 Å².